The van der Waals surface area contributed by atoms with Crippen LogP contribution in [0.15, 0.2) is 61.2 Å². The molecule has 26 heteroatoms. The van der Waals surface area contributed by atoms with E-state index < -0.39 is 23.6 Å². The van der Waals surface area contributed by atoms with E-state index in [1.54, 1.807) is 24.0 Å². The maximum atomic E-state index is 14.5. The molecule has 0 radical (unpaired) electrons. The summed E-state index contributed by atoms with van der Waals surface area (Å²) in [4.78, 5) is 79.5. The second-order valence-electron chi connectivity index (χ2n) is 27.9. The normalized spacial score (nSPS) is 17.5. The van der Waals surface area contributed by atoms with Crippen LogP contribution in [0, 0.1) is 34.3 Å². The minimum absolute atomic E-state index is 0.0645. The van der Waals surface area contributed by atoms with E-state index >= 15 is 0 Å². The second kappa shape index (κ2) is 34.4. The SMILES string of the molecule is CCN(C(=O)c1cc(F)ccc1Oc1nncnc1N1CCC2(C1)CN([C@H](CCCN(C)[C@@H](COC)COC(=O)/C=C/C(=O)OC[C@H](COC)N(C)CCC[C@H](C(C)C)N1CC3(CCN(c4ncnnc4Oc4ccc(F)cc4C(=O)N(CC)C(C)C)C3)C1)C(C)C)C2)C(C)C. The Hall–Kier alpha value is -7.10. The zero-order valence-corrected chi connectivity index (χ0v) is 59.0. The number of carbonyl (C=O) groups excluding carboxylic acids is 4. The standard InChI is InChI=1S/C70H104F2N14O10/c1-15-85(49(7)8)67(89)55-33-51(71)21-23-59(55)95-65-63(73-45-75-77-65)81-31-27-69(39-81)41-83(42-69)57(47(3)4)19-17-29-79(11)53(35-91-13)37-93-61(87)25-26-62(88)94-38-54(36-92-14)80(12)30-18-20-58(48(5)6)84-43-70(44-84)28-32-82(40-70)64-66(78-76-46-74-64)96-60-24-22-52(72)34-56(60)68(90)86(16-2)50(9)10/h21-26,33-34,45-50,53-54,57-58H,15-20,27-32,35-44H2,1-14H3/b26-25+/t53-,54-,57+,58+/m0/s1. The van der Waals surface area contributed by atoms with E-state index in [9.17, 15) is 28.0 Å². The van der Waals surface area contributed by atoms with Crippen molar-refractivity contribution in [2.75, 3.05) is 143 Å². The summed E-state index contributed by atoms with van der Waals surface area (Å²) in [5.41, 5.74) is 0.350. The highest BCUT2D eigenvalue weighted by Gasteiger charge is 2.52. The lowest BCUT2D eigenvalue weighted by molar-refractivity contribution is -0.142. The van der Waals surface area contributed by atoms with Gasteiger partial charge < -0.3 is 48.0 Å². The number of hydrogen-bond acceptors (Lipinski definition) is 22. The average Bonchev–Trinajstić information content (AvgIpc) is 1.52. The van der Waals surface area contributed by atoms with Crippen molar-refractivity contribution in [3.63, 3.8) is 0 Å². The molecule has 96 heavy (non-hydrogen) atoms. The predicted molar refractivity (Wildman–Crippen MR) is 361 cm³/mol. The number of ether oxygens (including phenoxy) is 6. The Balaban J connectivity index is 0.738. The number of rotatable bonds is 36. The van der Waals surface area contributed by atoms with Crippen molar-refractivity contribution in [2.24, 2.45) is 22.7 Å². The van der Waals surface area contributed by atoms with Gasteiger partial charge in [0.1, 0.15) is 49.0 Å². The molecular weight excluding hydrogens is 1230 g/mol. The number of hydrogen-bond donors (Lipinski definition) is 0. The van der Waals surface area contributed by atoms with Crippen molar-refractivity contribution >= 4 is 35.4 Å². The minimum Gasteiger partial charge on any atom is -0.461 e. The van der Waals surface area contributed by atoms with Crippen molar-refractivity contribution in [1.82, 2.24) is 59.8 Å². The number of anilines is 2. The van der Waals surface area contributed by atoms with Crippen LogP contribution in [0.2, 0.25) is 0 Å². The van der Waals surface area contributed by atoms with Crippen LogP contribution in [0.4, 0.5) is 20.4 Å². The van der Waals surface area contributed by atoms with Crippen LogP contribution in [-0.2, 0) is 28.5 Å². The first-order valence-electron chi connectivity index (χ1n) is 34.2. The molecule has 2 aromatic heterocycles. The van der Waals surface area contributed by atoms with Crippen molar-refractivity contribution in [3.8, 4) is 23.3 Å². The number of likely N-dealkylation sites (N-methyl/N-ethyl adjacent to an activating group) is 2. The first-order valence-corrected chi connectivity index (χ1v) is 34.2. The maximum Gasteiger partial charge on any atom is 0.331 e. The van der Waals surface area contributed by atoms with Gasteiger partial charge >= 0.3 is 11.9 Å². The van der Waals surface area contributed by atoms with Gasteiger partial charge in [-0.15, -0.1) is 20.4 Å². The summed E-state index contributed by atoms with van der Waals surface area (Å²) in [6.07, 6.45) is 10.7. The summed E-state index contributed by atoms with van der Waals surface area (Å²) >= 11 is 0. The Morgan fingerprint density at radius 1 is 0.573 bits per heavy atom. The number of benzene rings is 2. The zero-order valence-electron chi connectivity index (χ0n) is 59.0. The van der Waals surface area contributed by atoms with Crippen LogP contribution < -0.4 is 19.3 Å². The Bertz CT molecular complexity index is 3030. The van der Waals surface area contributed by atoms with Crippen molar-refractivity contribution in [2.45, 2.75) is 144 Å². The summed E-state index contributed by atoms with van der Waals surface area (Å²) < 4.78 is 64.1. The van der Waals surface area contributed by atoms with Gasteiger partial charge in [-0.1, -0.05) is 27.7 Å². The van der Waals surface area contributed by atoms with Crippen LogP contribution in [0.5, 0.6) is 23.3 Å². The maximum absolute atomic E-state index is 14.5. The molecule has 0 saturated carbocycles. The van der Waals surface area contributed by atoms with Gasteiger partial charge in [0.2, 0.25) is 0 Å². The van der Waals surface area contributed by atoms with Crippen molar-refractivity contribution in [3.05, 3.63) is 84.0 Å². The molecular formula is C70H104F2N14O10. The molecule has 528 valence electrons. The molecule has 2 amide bonds. The third kappa shape index (κ3) is 19.0. The Kier molecular flexibility index (Phi) is 26.8. The average molecular weight is 1340 g/mol. The molecule has 4 aromatic rings. The molecule has 0 bridgehead atoms. The van der Waals surface area contributed by atoms with Gasteiger partial charge in [0, 0.05) is 127 Å². The molecule has 4 aliphatic heterocycles. The van der Waals surface area contributed by atoms with E-state index in [-0.39, 0.29) is 94.4 Å². The summed E-state index contributed by atoms with van der Waals surface area (Å²) in [5, 5.41) is 16.6. The topological polar surface area (TPSA) is 227 Å². The summed E-state index contributed by atoms with van der Waals surface area (Å²) in [6.45, 7) is 30.5. The minimum atomic E-state index is -0.652. The molecule has 4 saturated heterocycles. The van der Waals surface area contributed by atoms with E-state index in [1.807, 2.05) is 55.6 Å². The third-order valence-corrected chi connectivity index (χ3v) is 19.6. The Morgan fingerprint density at radius 3 is 1.30 bits per heavy atom. The molecule has 6 heterocycles. The zero-order chi connectivity index (χ0) is 69.4. The van der Waals surface area contributed by atoms with Gasteiger partial charge in [0.15, 0.2) is 11.6 Å². The highest BCUT2D eigenvalue weighted by atomic mass is 19.1. The van der Waals surface area contributed by atoms with E-state index in [0.29, 0.717) is 61.9 Å². The van der Waals surface area contributed by atoms with E-state index in [1.165, 1.54) is 49.1 Å². The fourth-order valence-corrected chi connectivity index (χ4v) is 14.4. The molecule has 0 N–H and O–H groups in total. The van der Waals surface area contributed by atoms with E-state index in [2.05, 4.69) is 87.5 Å². The molecule has 4 atom stereocenters. The molecule has 4 fully saturated rings. The fourth-order valence-electron chi connectivity index (χ4n) is 14.4. The number of methoxy groups -OCH3 is 2. The Morgan fingerprint density at radius 2 is 0.958 bits per heavy atom. The lowest BCUT2D eigenvalue weighted by Gasteiger charge is -2.53. The number of nitrogens with zero attached hydrogens (tertiary/aromatic N) is 14. The molecule has 2 spiro atoms. The summed E-state index contributed by atoms with van der Waals surface area (Å²) in [6, 6.07) is 7.96. The second-order valence-corrected chi connectivity index (χ2v) is 27.9. The van der Waals surface area contributed by atoms with E-state index in [0.717, 1.165) is 116 Å². The van der Waals surface area contributed by atoms with E-state index in [4.69, 9.17) is 28.4 Å². The van der Waals surface area contributed by atoms with Gasteiger partial charge in [-0.3, -0.25) is 29.2 Å². The molecule has 2 aromatic carbocycles. The number of halogens is 2. The number of likely N-dealkylation sites (tertiary alicyclic amines) is 2. The first-order chi connectivity index (χ1) is 45.9. The van der Waals surface area contributed by atoms with Crippen LogP contribution >= 0.6 is 0 Å². The number of carbonyl (C=O) groups is 4. The predicted octanol–water partition coefficient (Wildman–Crippen LogP) is 8.53. The first kappa shape index (κ1) is 74.7. The fraction of sp³-hybridized carbons (Fsp3) is 0.657. The molecule has 24 nitrogen and oxygen atoms in total. The lowest BCUT2D eigenvalue weighted by Crippen LogP contribution is -2.62. The van der Waals surface area contributed by atoms with Gasteiger partial charge in [-0.05, 0) is 155 Å². The molecule has 0 aliphatic carbocycles. The smallest absolute Gasteiger partial charge is 0.331 e. The van der Waals surface area contributed by atoms with Gasteiger partial charge in [0.05, 0.1) is 36.4 Å². The lowest BCUT2D eigenvalue weighted by atomic mass is 9.76. The van der Waals surface area contributed by atoms with Gasteiger partial charge in [0.25, 0.3) is 23.6 Å². The molecule has 0 unspecified atom stereocenters. The highest BCUT2D eigenvalue weighted by Crippen LogP contribution is 2.47. The van der Waals surface area contributed by atoms with Crippen LogP contribution in [-0.4, -0.2) is 253 Å². The quantitative estimate of drug-likeness (QED) is 0.0307. The van der Waals surface area contributed by atoms with Crippen LogP contribution in [0.1, 0.15) is 128 Å². The molecule has 8 rings (SSSR count). The van der Waals surface area contributed by atoms with Crippen molar-refractivity contribution < 1.29 is 56.4 Å². The molecule has 4 aliphatic rings. The van der Waals surface area contributed by atoms with Gasteiger partial charge in [-0.25, -0.2) is 28.3 Å². The summed E-state index contributed by atoms with van der Waals surface area (Å²) in [5.74, 6) is -0.435. The monoisotopic (exact) mass is 1340 g/mol. The third-order valence-electron chi connectivity index (χ3n) is 19.6. The summed E-state index contributed by atoms with van der Waals surface area (Å²) in [7, 11) is 7.26. The van der Waals surface area contributed by atoms with Crippen LogP contribution in [0.25, 0.3) is 0 Å². The Labute approximate surface area is 566 Å². The number of aromatic nitrogens is 6. The van der Waals surface area contributed by atoms with Crippen LogP contribution in [0.3, 0.4) is 0 Å². The van der Waals surface area contributed by atoms with Crippen molar-refractivity contribution in [1.29, 1.82) is 0 Å². The number of esters is 2. The number of amides is 2. The van der Waals surface area contributed by atoms with Gasteiger partial charge in [-0.2, -0.15) is 0 Å². The largest absolute Gasteiger partial charge is 0.461 e. The highest BCUT2D eigenvalue weighted by molar-refractivity contribution is 5.98.